The number of ether oxygens (including phenoxy) is 2. The second kappa shape index (κ2) is 9.05. The van der Waals surface area contributed by atoms with Gasteiger partial charge in [0, 0.05) is 49.2 Å². The summed E-state index contributed by atoms with van der Waals surface area (Å²) in [5.74, 6) is 0.410. The topological polar surface area (TPSA) is 103 Å². The third-order valence-corrected chi connectivity index (χ3v) is 6.90. The summed E-state index contributed by atoms with van der Waals surface area (Å²) in [6.45, 7) is 4.39. The number of hydrogen-bond acceptors (Lipinski definition) is 6. The number of nitrogens with zero attached hydrogens (tertiary/aromatic N) is 3. The van der Waals surface area contributed by atoms with Crippen molar-refractivity contribution in [1.29, 1.82) is 0 Å². The van der Waals surface area contributed by atoms with Gasteiger partial charge in [-0.05, 0) is 26.7 Å². The number of carbonyl (C=O) groups is 1. The van der Waals surface area contributed by atoms with Gasteiger partial charge in [-0.15, -0.1) is 0 Å². The van der Waals surface area contributed by atoms with Crippen LogP contribution in [0.15, 0.2) is 35.7 Å². The number of aromatic nitrogens is 2. The van der Waals surface area contributed by atoms with Crippen molar-refractivity contribution in [2.45, 2.75) is 37.8 Å². The lowest BCUT2D eigenvalue weighted by atomic mass is 9.98. The molecule has 1 aromatic carbocycles. The van der Waals surface area contributed by atoms with E-state index in [1.807, 2.05) is 13.8 Å². The molecule has 0 aliphatic carbocycles. The van der Waals surface area contributed by atoms with Gasteiger partial charge in [-0.25, -0.2) is 13.4 Å². The average molecular weight is 437 g/mol. The maximum atomic E-state index is 13.0. The first kappa shape index (κ1) is 22.1. The highest BCUT2D eigenvalue weighted by atomic mass is 32.2. The zero-order chi connectivity index (χ0) is 21.9. The molecule has 1 atom stereocenters. The lowest BCUT2D eigenvalue weighted by Gasteiger charge is -2.30. The molecule has 0 radical (unpaired) electrons. The van der Waals surface area contributed by atoms with Crippen molar-refractivity contribution < 1.29 is 22.7 Å². The SMILES string of the molecule is COc1cc(NC(=O)C2CCCN(S(=O)(=O)c3cn(C(C)C)cn3)C2)cc(OC)c1. The summed E-state index contributed by atoms with van der Waals surface area (Å²) in [6.07, 6.45) is 4.26. The zero-order valence-electron chi connectivity index (χ0n) is 17.7. The van der Waals surface area contributed by atoms with E-state index in [0.29, 0.717) is 36.6 Å². The number of anilines is 1. The second-order valence-electron chi connectivity index (χ2n) is 7.55. The highest BCUT2D eigenvalue weighted by molar-refractivity contribution is 7.89. The molecule has 1 N–H and O–H groups in total. The molecule has 1 aromatic heterocycles. The quantitative estimate of drug-likeness (QED) is 0.715. The fourth-order valence-corrected chi connectivity index (χ4v) is 4.81. The van der Waals surface area contributed by atoms with Crippen molar-refractivity contribution in [3.8, 4) is 11.5 Å². The van der Waals surface area contributed by atoms with Gasteiger partial charge in [-0.3, -0.25) is 4.79 Å². The van der Waals surface area contributed by atoms with E-state index in [4.69, 9.17) is 9.47 Å². The number of carbonyl (C=O) groups excluding carboxylic acids is 1. The Balaban J connectivity index is 1.73. The number of amides is 1. The van der Waals surface area contributed by atoms with E-state index < -0.39 is 15.9 Å². The lowest BCUT2D eigenvalue weighted by molar-refractivity contribution is -0.120. The predicted molar refractivity (Wildman–Crippen MR) is 112 cm³/mol. The number of benzene rings is 1. The summed E-state index contributed by atoms with van der Waals surface area (Å²) in [4.78, 5) is 16.9. The summed E-state index contributed by atoms with van der Waals surface area (Å²) in [5, 5.41) is 2.86. The Morgan fingerprint density at radius 3 is 2.43 bits per heavy atom. The highest BCUT2D eigenvalue weighted by Gasteiger charge is 2.34. The maximum absolute atomic E-state index is 13.0. The summed E-state index contributed by atoms with van der Waals surface area (Å²) in [7, 11) is -0.689. The number of sulfonamides is 1. The molecule has 30 heavy (non-hydrogen) atoms. The Kier molecular flexibility index (Phi) is 6.67. The molecular formula is C20H28N4O5S. The Hall–Kier alpha value is -2.59. The van der Waals surface area contributed by atoms with Gasteiger partial charge in [0.2, 0.25) is 5.91 Å². The monoisotopic (exact) mass is 436 g/mol. The molecule has 2 heterocycles. The normalized spacial score (nSPS) is 17.7. The Morgan fingerprint density at radius 1 is 1.20 bits per heavy atom. The molecule has 1 amide bonds. The molecule has 1 saturated heterocycles. The van der Waals surface area contributed by atoms with Gasteiger partial charge in [0.15, 0.2) is 5.03 Å². The van der Waals surface area contributed by atoms with Gasteiger partial charge in [0.05, 0.1) is 26.5 Å². The Bertz CT molecular complexity index is 980. The van der Waals surface area contributed by atoms with E-state index >= 15 is 0 Å². The van der Waals surface area contributed by atoms with Crippen molar-refractivity contribution in [3.05, 3.63) is 30.7 Å². The van der Waals surface area contributed by atoms with Crippen LogP contribution in [-0.4, -0.2) is 55.5 Å². The van der Waals surface area contributed by atoms with Gasteiger partial charge in [0.1, 0.15) is 11.5 Å². The zero-order valence-corrected chi connectivity index (χ0v) is 18.5. The van der Waals surface area contributed by atoms with Crippen LogP contribution in [0, 0.1) is 5.92 Å². The molecule has 0 spiro atoms. The number of piperidine rings is 1. The number of imidazole rings is 1. The van der Waals surface area contributed by atoms with E-state index in [-0.39, 0.29) is 23.5 Å². The molecule has 1 aliphatic heterocycles. The minimum Gasteiger partial charge on any atom is -0.497 e. The molecule has 1 fully saturated rings. The molecule has 1 aliphatic rings. The van der Waals surface area contributed by atoms with Crippen molar-refractivity contribution in [2.75, 3.05) is 32.6 Å². The number of methoxy groups -OCH3 is 2. The molecule has 0 bridgehead atoms. The van der Waals surface area contributed by atoms with Gasteiger partial charge < -0.3 is 19.4 Å². The van der Waals surface area contributed by atoms with Crippen molar-refractivity contribution >= 4 is 21.6 Å². The molecular weight excluding hydrogens is 408 g/mol. The van der Waals surface area contributed by atoms with Crippen LogP contribution >= 0.6 is 0 Å². The maximum Gasteiger partial charge on any atom is 0.262 e. The van der Waals surface area contributed by atoms with Gasteiger partial charge >= 0.3 is 0 Å². The predicted octanol–water partition coefficient (Wildman–Crippen LogP) is 2.52. The van der Waals surface area contributed by atoms with E-state index in [1.165, 1.54) is 31.0 Å². The van der Waals surface area contributed by atoms with Crippen LogP contribution in [0.1, 0.15) is 32.7 Å². The van der Waals surface area contributed by atoms with Crippen molar-refractivity contribution in [3.63, 3.8) is 0 Å². The Morgan fingerprint density at radius 2 is 1.87 bits per heavy atom. The van der Waals surface area contributed by atoms with Crippen LogP contribution in [0.3, 0.4) is 0 Å². The first-order valence-electron chi connectivity index (χ1n) is 9.82. The molecule has 1 unspecified atom stereocenters. The molecule has 2 aromatic rings. The lowest BCUT2D eigenvalue weighted by Crippen LogP contribution is -2.43. The Labute approximate surface area is 177 Å². The standard InChI is InChI=1S/C20H28N4O5S/c1-14(2)23-12-19(21-13-23)30(26,27)24-7-5-6-15(11-24)20(25)22-16-8-17(28-3)10-18(9-16)29-4/h8-10,12-15H,5-7,11H2,1-4H3,(H,22,25). The first-order chi connectivity index (χ1) is 14.2. The highest BCUT2D eigenvalue weighted by Crippen LogP contribution is 2.28. The van der Waals surface area contributed by atoms with Crippen LogP contribution in [0.2, 0.25) is 0 Å². The average Bonchev–Trinajstić information content (AvgIpc) is 3.25. The first-order valence-corrected chi connectivity index (χ1v) is 11.3. The summed E-state index contributed by atoms with van der Waals surface area (Å²) >= 11 is 0. The molecule has 3 rings (SSSR count). The fraction of sp³-hybridized carbons (Fsp3) is 0.500. The van der Waals surface area contributed by atoms with Gasteiger partial charge in [-0.2, -0.15) is 4.31 Å². The van der Waals surface area contributed by atoms with E-state index in [9.17, 15) is 13.2 Å². The third kappa shape index (κ3) is 4.76. The number of rotatable bonds is 7. The van der Waals surface area contributed by atoms with Crippen LogP contribution in [0.25, 0.3) is 0 Å². The second-order valence-corrected chi connectivity index (χ2v) is 9.43. The van der Waals surface area contributed by atoms with Crippen LogP contribution in [-0.2, 0) is 14.8 Å². The fourth-order valence-electron chi connectivity index (χ4n) is 3.36. The van der Waals surface area contributed by atoms with Crippen LogP contribution < -0.4 is 14.8 Å². The minimum atomic E-state index is -3.75. The molecule has 9 nitrogen and oxygen atoms in total. The van der Waals surface area contributed by atoms with Crippen LogP contribution in [0.4, 0.5) is 5.69 Å². The van der Waals surface area contributed by atoms with Crippen molar-refractivity contribution in [2.24, 2.45) is 5.92 Å². The summed E-state index contributed by atoms with van der Waals surface area (Å²) in [5.41, 5.74) is 0.534. The summed E-state index contributed by atoms with van der Waals surface area (Å²) < 4.78 is 39.6. The smallest absolute Gasteiger partial charge is 0.262 e. The minimum absolute atomic E-state index is 0.00907. The number of nitrogens with one attached hydrogen (secondary N) is 1. The molecule has 0 saturated carbocycles. The van der Waals surface area contributed by atoms with Crippen molar-refractivity contribution in [1.82, 2.24) is 13.9 Å². The van der Waals surface area contributed by atoms with E-state index in [2.05, 4.69) is 10.3 Å². The van der Waals surface area contributed by atoms with Crippen LogP contribution in [0.5, 0.6) is 11.5 Å². The third-order valence-electron chi connectivity index (χ3n) is 5.15. The summed E-state index contributed by atoms with van der Waals surface area (Å²) in [6, 6.07) is 5.20. The van der Waals surface area contributed by atoms with E-state index in [1.54, 1.807) is 22.8 Å². The molecule has 164 valence electrons. The van der Waals surface area contributed by atoms with Gasteiger partial charge in [0.25, 0.3) is 10.0 Å². The number of hydrogen-bond donors (Lipinski definition) is 1. The largest absolute Gasteiger partial charge is 0.497 e. The van der Waals surface area contributed by atoms with Gasteiger partial charge in [-0.1, -0.05) is 0 Å². The van der Waals surface area contributed by atoms with E-state index in [0.717, 1.165) is 0 Å². The molecule has 10 heteroatoms.